The van der Waals surface area contributed by atoms with E-state index in [1.807, 2.05) is 13.8 Å². The second-order valence-corrected chi connectivity index (χ2v) is 3.99. The van der Waals surface area contributed by atoms with Crippen LogP contribution in [0.5, 0.6) is 5.75 Å². The summed E-state index contributed by atoms with van der Waals surface area (Å²) in [5.74, 6) is 0.179. The highest BCUT2D eigenvalue weighted by atomic mass is 35.5. The third kappa shape index (κ3) is 3.36. The zero-order valence-electron chi connectivity index (χ0n) is 8.89. The maximum Gasteiger partial charge on any atom is 0.141 e. The van der Waals surface area contributed by atoms with Gasteiger partial charge in [0.05, 0.1) is 11.1 Å². The first-order valence-corrected chi connectivity index (χ1v) is 5.27. The molecule has 15 heavy (non-hydrogen) atoms. The molecule has 1 rings (SSSR count). The van der Waals surface area contributed by atoms with E-state index in [1.165, 1.54) is 12.1 Å². The van der Waals surface area contributed by atoms with E-state index in [0.29, 0.717) is 23.7 Å². The van der Waals surface area contributed by atoms with Gasteiger partial charge >= 0.3 is 0 Å². The Bertz CT molecular complexity index is 342. The molecule has 0 bridgehead atoms. The quantitative estimate of drug-likeness (QED) is 0.865. The number of ether oxygens (including phenoxy) is 1. The van der Waals surface area contributed by atoms with E-state index in [-0.39, 0.29) is 11.9 Å². The van der Waals surface area contributed by atoms with Gasteiger partial charge in [-0.25, -0.2) is 4.39 Å². The van der Waals surface area contributed by atoms with Crippen LogP contribution in [-0.2, 0) is 6.42 Å². The first kappa shape index (κ1) is 12.3. The van der Waals surface area contributed by atoms with E-state index in [4.69, 9.17) is 22.1 Å². The van der Waals surface area contributed by atoms with Crippen molar-refractivity contribution in [3.05, 3.63) is 28.5 Å². The molecule has 0 aromatic heterocycles. The van der Waals surface area contributed by atoms with E-state index in [1.54, 1.807) is 0 Å². The molecule has 1 aromatic carbocycles. The third-order valence-electron chi connectivity index (χ3n) is 1.85. The minimum Gasteiger partial charge on any atom is -0.489 e. The monoisotopic (exact) mass is 231 g/mol. The predicted octanol–water partition coefficient (Wildman–Crippen LogP) is 2.77. The molecule has 0 aliphatic heterocycles. The zero-order valence-corrected chi connectivity index (χ0v) is 9.64. The number of benzene rings is 1. The zero-order chi connectivity index (χ0) is 11.4. The maximum atomic E-state index is 13.1. The van der Waals surface area contributed by atoms with Crippen LogP contribution in [0.2, 0.25) is 5.02 Å². The summed E-state index contributed by atoms with van der Waals surface area (Å²) in [5.41, 5.74) is 6.16. The molecule has 4 heteroatoms. The van der Waals surface area contributed by atoms with Gasteiger partial charge in [0.25, 0.3) is 0 Å². The lowest BCUT2D eigenvalue weighted by molar-refractivity contribution is 0.240. The lowest BCUT2D eigenvalue weighted by atomic mass is 10.1. The van der Waals surface area contributed by atoms with Crippen molar-refractivity contribution in [1.82, 2.24) is 0 Å². The summed E-state index contributed by atoms with van der Waals surface area (Å²) in [6.07, 6.45) is 0.559. The van der Waals surface area contributed by atoms with Crippen molar-refractivity contribution >= 4 is 11.6 Å². The fourth-order valence-corrected chi connectivity index (χ4v) is 1.59. The van der Waals surface area contributed by atoms with E-state index in [9.17, 15) is 4.39 Å². The molecule has 0 saturated heterocycles. The molecule has 0 amide bonds. The number of rotatable bonds is 4. The molecular weight excluding hydrogens is 217 g/mol. The predicted molar refractivity (Wildman–Crippen MR) is 59.9 cm³/mol. The van der Waals surface area contributed by atoms with Crippen molar-refractivity contribution in [2.24, 2.45) is 5.73 Å². The lowest BCUT2D eigenvalue weighted by Crippen LogP contribution is -2.11. The Kier molecular flexibility index (Phi) is 4.36. The summed E-state index contributed by atoms with van der Waals surface area (Å²) in [6, 6.07) is 2.66. The van der Waals surface area contributed by atoms with Gasteiger partial charge in [0.2, 0.25) is 0 Å². The smallest absolute Gasteiger partial charge is 0.141 e. The third-order valence-corrected chi connectivity index (χ3v) is 2.13. The van der Waals surface area contributed by atoms with Gasteiger partial charge in [0.15, 0.2) is 0 Å². The number of nitrogens with two attached hydrogens (primary N) is 1. The Morgan fingerprint density at radius 1 is 1.47 bits per heavy atom. The van der Waals surface area contributed by atoms with E-state index in [0.717, 1.165) is 5.56 Å². The molecule has 0 aliphatic rings. The van der Waals surface area contributed by atoms with Gasteiger partial charge in [-0.3, -0.25) is 0 Å². The van der Waals surface area contributed by atoms with E-state index >= 15 is 0 Å². The first-order chi connectivity index (χ1) is 7.04. The molecule has 0 saturated carbocycles. The Labute approximate surface area is 94.2 Å². The van der Waals surface area contributed by atoms with Crippen molar-refractivity contribution in [3.63, 3.8) is 0 Å². The second-order valence-electron chi connectivity index (χ2n) is 3.58. The average molecular weight is 232 g/mol. The van der Waals surface area contributed by atoms with Crippen LogP contribution in [0.1, 0.15) is 19.4 Å². The van der Waals surface area contributed by atoms with Gasteiger partial charge < -0.3 is 10.5 Å². The van der Waals surface area contributed by atoms with Gasteiger partial charge in [-0.2, -0.15) is 0 Å². The van der Waals surface area contributed by atoms with Crippen LogP contribution in [0.3, 0.4) is 0 Å². The minimum absolute atomic E-state index is 0.00415. The normalized spacial score (nSPS) is 10.8. The van der Waals surface area contributed by atoms with Crippen molar-refractivity contribution in [2.45, 2.75) is 26.4 Å². The SMILES string of the molecule is CC(C)Oc1c(Cl)cc(F)cc1CCN. The van der Waals surface area contributed by atoms with Crippen LogP contribution in [0.25, 0.3) is 0 Å². The van der Waals surface area contributed by atoms with Crippen molar-refractivity contribution < 1.29 is 9.13 Å². The van der Waals surface area contributed by atoms with Gasteiger partial charge in [-0.15, -0.1) is 0 Å². The summed E-state index contributed by atoms with van der Waals surface area (Å²) >= 11 is 5.91. The average Bonchev–Trinajstić information content (AvgIpc) is 2.11. The second kappa shape index (κ2) is 5.33. The first-order valence-electron chi connectivity index (χ1n) is 4.89. The molecule has 2 N–H and O–H groups in total. The van der Waals surface area contributed by atoms with Crippen molar-refractivity contribution in [2.75, 3.05) is 6.54 Å². The van der Waals surface area contributed by atoms with Gasteiger partial charge in [0.1, 0.15) is 11.6 Å². The summed E-state index contributed by atoms with van der Waals surface area (Å²) in [4.78, 5) is 0. The molecule has 0 fully saturated rings. The van der Waals surface area contributed by atoms with Gasteiger partial charge in [0, 0.05) is 0 Å². The highest BCUT2D eigenvalue weighted by Gasteiger charge is 2.12. The molecular formula is C11H15ClFNO. The van der Waals surface area contributed by atoms with Crippen LogP contribution in [0, 0.1) is 5.82 Å². The van der Waals surface area contributed by atoms with Gasteiger partial charge in [-0.1, -0.05) is 11.6 Å². The molecule has 0 aliphatic carbocycles. The highest BCUT2D eigenvalue weighted by Crippen LogP contribution is 2.31. The van der Waals surface area contributed by atoms with Crippen molar-refractivity contribution in [3.8, 4) is 5.75 Å². The van der Waals surface area contributed by atoms with Crippen LogP contribution in [0.15, 0.2) is 12.1 Å². The van der Waals surface area contributed by atoms with Crippen LogP contribution < -0.4 is 10.5 Å². The summed E-state index contributed by atoms with van der Waals surface area (Å²) < 4.78 is 18.6. The topological polar surface area (TPSA) is 35.2 Å². The Balaban J connectivity index is 3.08. The Hall–Kier alpha value is -0.800. The maximum absolute atomic E-state index is 13.1. The number of hydrogen-bond acceptors (Lipinski definition) is 2. The fraction of sp³-hybridized carbons (Fsp3) is 0.455. The van der Waals surface area contributed by atoms with Crippen molar-refractivity contribution in [1.29, 1.82) is 0 Å². The summed E-state index contributed by atoms with van der Waals surface area (Å²) in [7, 11) is 0. The Morgan fingerprint density at radius 2 is 2.13 bits per heavy atom. The summed E-state index contributed by atoms with van der Waals surface area (Å²) in [6.45, 7) is 4.23. The molecule has 0 unspecified atom stereocenters. The molecule has 0 heterocycles. The summed E-state index contributed by atoms with van der Waals surface area (Å²) in [5, 5.41) is 0.298. The largest absolute Gasteiger partial charge is 0.489 e. The fourth-order valence-electron chi connectivity index (χ4n) is 1.32. The van der Waals surface area contributed by atoms with E-state index < -0.39 is 0 Å². The number of hydrogen-bond donors (Lipinski definition) is 1. The molecule has 2 nitrogen and oxygen atoms in total. The molecule has 0 radical (unpaired) electrons. The molecule has 84 valence electrons. The van der Waals surface area contributed by atoms with Crippen LogP contribution in [0.4, 0.5) is 4.39 Å². The molecule has 0 atom stereocenters. The lowest BCUT2D eigenvalue weighted by Gasteiger charge is -2.15. The van der Waals surface area contributed by atoms with Gasteiger partial charge in [-0.05, 0) is 44.5 Å². The molecule has 1 aromatic rings. The number of halogens is 2. The van der Waals surface area contributed by atoms with E-state index in [2.05, 4.69) is 0 Å². The van der Waals surface area contributed by atoms with Crippen LogP contribution >= 0.6 is 11.6 Å². The standard InChI is InChI=1S/C11H15ClFNO/c1-7(2)15-11-8(3-4-14)5-9(13)6-10(11)12/h5-7H,3-4,14H2,1-2H3. The van der Waals surface area contributed by atoms with Crippen LogP contribution in [-0.4, -0.2) is 12.6 Å². The molecule has 0 spiro atoms. The highest BCUT2D eigenvalue weighted by molar-refractivity contribution is 6.32. The Morgan fingerprint density at radius 3 is 2.67 bits per heavy atom. The minimum atomic E-state index is -0.362.